The fraction of sp³-hybridized carbons (Fsp3) is 0.385. The molecule has 2 rings (SSSR count). The molecule has 0 heterocycles. The van der Waals surface area contributed by atoms with Crippen molar-refractivity contribution in [2.24, 2.45) is 0 Å². The van der Waals surface area contributed by atoms with Crippen molar-refractivity contribution in [2.45, 2.75) is 31.9 Å². The largest absolute Gasteiger partial charge is 0.167 e. The molecule has 0 spiro atoms. The van der Waals surface area contributed by atoms with Gasteiger partial charge in [-0.25, -0.2) is 0 Å². The molecule has 0 fully saturated rings. The van der Waals surface area contributed by atoms with Crippen LogP contribution in [-0.4, -0.2) is 0 Å². The number of benzene rings is 1. The lowest BCUT2D eigenvalue weighted by atomic mass is 10.0. The van der Waals surface area contributed by atoms with Gasteiger partial charge in [0, 0.05) is 5.25 Å². The number of thiol groups is 1. The third-order valence-electron chi connectivity index (χ3n) is 2.97. The highest BCUT2D eigenvalue weighted by Crippen LogP contribution is 2.45. The van der Waals surface area contributed by atoms with Gasteiger partial charge in [-0.1, -0.05) is 43.2 Å². The quantitative estimate of drug-likeness (QED) is 0.684. The third kappa shape index (κ3) is 1.40. The van der Waals surface area contributed by atoms with Crippen LogP contribution < -0.4 is 0 Å². The van der Waals surface area contributed by atoms with Crippen LogP contribution in [0.3, 0.4) is 0 Å². The molecule has 1 aliphatic carbocycles. The van der Waals surface area contributed by atoms with E-state index >= 15 is 0 Å². The molecule has 0 nitrogen and oxygen atoms in total. The molecule has 1 heteroatoms. The van der Waals surface area contributed by atoms with E-state index in [1.165, 1.54) is 35.1 Å². The molecule has 1 unspecified atom stereocenters. The van der Waals surface area contributed by atoms with E-state index in [9.17, 15) is 0 Å². The second-order valence-corrected chi connectivity index (χ2v) is 4.42. The van der Waals surface area contributed by atoms with E-state index in [1.54, 1.807) is 0 Å². The highest BCUT2D eigenvalue weighted by molar-refractivity contribution is 7.80. The summed E-state index contributed by atoms with van der Waals surface area (Å²) in [4.78, 5) is 0. The van der Waals surface area contributed by atoms with Crippen molar-refractivity contribution in [3.05, 3.63) is 41.0 Å². The van der Waals surface area contributed by atoms with Crippen molar-refractivity contribution in [3.8, 4) is 0 Å². The summed E-state index contributed by atoms with van der Waals surface area (Å²) < 4.78 is 0. The Morgan fingerprint density at radius 3 is 2.71 bits per heavy atom. The van der Waals surface area contributed by atoms with Crippen molar-refractivity contribution in [1.29, 1.82) is 0 Å². The highest BCUT2D eigenvalue weighted by Gasteiger charge is 2.24. The Morgan fingerprint density at radius 2 is 2.00 bits per heavy atom. The molecule has 14 heavy (non-hydrogen) atoms. The predicted octanol–water partition coefficient (Wildman–Crippen LogP) is 4.24. The Balaban J connectivity index is 2.49. The molecule has 0 aliphatic heterocycles. The van der Waals surface area contributed by atoms with Crippen LogP contribution in [-0.2, 0) is 0 Å². The van der Waals surface area contributed by atoms with Gasteiger partial charge in [0.25, 0.3) is 0 Å². The minimum absolute atomic E-state index is 0.327. The first-order valence-corrected chi connectivity index (χ1v) is 5.74. The molecule has 0 N–H and O–H groups in total. The molecule has 74 valence electrons. The Labute approximate surface area is 91.4 Å². The normalized spacial score (nSPS) is 20.1. The zero-order valence-electron chi connectivity index (χ0n) is 8.75. The minimum Gasteiger partial charge on any atom is -0.167 e. The summed E-state index contributed by atoms with van der Waals surface area (Å²) in [6.45, 7) is 4.44. The molecule has 0 aromatic heterocycles. The standard InChI is InChI=1S/C13H16S/c1-3-6-10-9(2)13(14)12-8-5-4-7-11(10)12/h4-5,7-8,13-14H,3,6H2,1-2H3. The number of hydrogen-bond donors (Lipinski definition) is 1. The van der Waals surface area contributed by atoms with Gasteiger partial charge in [0.2, 0.25) is 0 Å². The van der Waals surface area contributed by atoms with E-state index in [4.69, 9.17) is 0 Å². The van der Waals surface area contributed by atoms with Crippen molar-refractivity contribution in [1.82, 2.24) is 0 Å². The summed E-state index contributed by atoms with van der Waals surface area (Å²) in [7, 11) is 0. The van der Waals surface area contributed by atoms with Gasteiger partial charge in [0.1, 0.15) is 0 Å². The molecule has 0 bridgehead atoms. The molecule has 1 atom stereocenters. The number of fused-ring (bicyclic) bond motifs is 1. The lowest BCUT2D eigenvalue weighted by Gasteiger charge is -2.04. The summed E-state index contributed by atoms with van der Waals surface area (Å²) in [5.74, 6) is 0. The Hall–Kier alpha value is -0.690. The lowest BCUT2D eigenvalue weighted by Crippen LogP contribution is -1.85. The Kier molecular flexibility index (Phi) is 2.69. The van der Waals surface area contributed by atoms with E-state index in [1.807, 2.05) is 0 Å². The van der Waals surface area contributed by atoms with E-state index in [-0.39, 0.29) is 0 Å². The van der Waals surface area contributed by atoms with Gasteiger partial charge in [0.05, 0.1) is 0 Å². The van der Waals surface area contributed by atoms with Gasteiger partial charge >= 0.3 is 0 Å². The third-order valence-corrected chi connectivity index (χ3v) is 3.63. The average molecular weight is 204 g/mol. The summed E-state index contributed by atoms with van der Waals surface area (Å²) >= 11 is 4.66. The van der Waals surface area contributed by atoms with Crippen LogP contribution in [0.4, 0.5) is 0 Å². The summed E-state index contributed by atoms with van der Waals surface area (Å²) in [5, 5.41) is 0.327. The van der Waals surface area contributed by atoms with Crippen LogP contribution >= 0.6 is 12.6 Å². The summed E-state index contributed by atoms with van der Waals surface area (Å²) in [6, 6.07) is 8.64. The first-order valence-electron chi connectivity index (χ1n) is 5.22. The van der Waals surface area contributed by atoms with Crippen LogP contribution in [0.2, 0.25) is 0 Å². The fourth-order valence-electron chi connectivity index (χ4n) is 2.20. The average Bonchev–Trinajstić information content (AvgIpc) is 2.45. The maximum atomic E-state index is 4.66. The van der Waals surface area contributed by atoms with Crippen LogP contribution in [0.1, 0.15) is 43.1 Å². The van der Waals surface area contributed by atoms with Crippen LogP contribution in [0, 0.1) is 0 Å². The first-order chi connectivity index (χ1) is 6.75. The topological polar surface area (TPSA) is 0 Å². The van der Waals surface area contributed by atoms with Crippen LogP contribution in [0.15, 0.2) is 29.8 Å². The van der Waals surface area contributed by atoms with Gasteiger partial charge in [-0.05, 0) is 30.0 Å². The molecule has 0 saturated heterocycles. The van der Waals surface area contributed by atoms with Gasteiger partial charge < -0.3 is 0 Å². The summed E-state index contributed by atoms with van der Waals surface area (Å²) in [5.41, 5.74) is 5.77. The minimum atomic E-state index is 0.327. The van der Waals surface area contributed by atoms with Crippen molar-refractivity contribution in [2.75, 3.05) is 0 Å². The number of rotatable bonds is 2. The van der Waals surface area contributed by atoms with Gasteiger partial charge in [0.15, 0.2) is 0 Å². The van der Waals surface area contributed by atoms with E-state index in [2.05, 4.69) is 50.7 Å². The Morgan fingerprint density at radius 1 is 1.29 bits per heavy atom. The van der Waals surface area contributed by atoms with E-state index in [0.29, 0.717) is 5.25 Å². The van der Waals surface area contributed by atoms with E-state index < -0.39 is 0 Å². The number of hydrogen-bond acceptors (Lipinski definition) is 1. The SMILES string of the molecule is CCCC1=C(C)C(S)c2ccccc21. The van der Waals surface area contributed by atoms with Crippen LogP contribution in [0.5, 0.6) is 0 Å². The second kappa shape index (κ2) is 3.82. The molecule has 0 saturated carbocycles. The van der Waals surface area contributed by atoms with Gasteiger partial charge in [-0.2, -0.15) is 12.6 Å². The Bertz CT molecular complexity index is 377. The zero-order valence-corrected chi connectivity index (χ0v) is 9.64. The molecular formula is C13H16S. The first kappa shape index (κ1) is 9.85. The molecule has 0 radical (unpaired) electrons. The number of allylic oxidation sites excluding steroid dienone is 1. The highest BCUT2D eigenvalue weighted by atomic mass is 32.1. The molecule has 1 aromatic rings. The van der Waals surface area contributed by atoms with Gasteiger partial charge in [-0.15, -0.1) is 0 Å². The maximum Gasteiger partial charge on any atom is 0.0485 e. The lowest BCUT2D eigenvalue weighted by molar-refractivity contribution is 0.968. The zero-order chi connectivity index (χ0) is 10.1. The van der Waals surface area contributed by atoms with Crippen molar-refractivity contribution >= 4 is 18.2 Å². The van der Waals surface area contributed by atoms with Gasteiger partial charge in [-0.3, -0.25) is 0 Å². The molecule has 0 amide bonds. The molecule has 1 aromatic carbocycles. The molecular weight excluding hydrogens is 188 g/mol. The predicted molar refractivity (Wildman–Crippen MR) is 65.7 cm³/mol. The second-order valence-electron chi connectivity index (χ2n) is 3.90. The summed E-state index contributed by atoms with van der Waals surface area (Å²) in [6.07, 6.45) is 2.39. The van der Waals surface area contributed by atoms with Crippen molar-refractivity contribution in [3.63, 3.8) is 0 Å². The monoisotopic (exact) mass is 204 g/mol. The smallest absolute Gasteiger partial charge is 0.0485 e. The van der Waals surface area contributed by atoms with E-state index in [0.717, 1.165) is 0 Å². The molecule has 1 aliphatic rings. The van der Waals surface area contributed by atoms with Crippen LogP contribution in [0.25, 0.3) is 5.57 Å². The van der Waals surface area contributed by atoms with Crippen molar-refractivity contribution < 1.29 is 0 Å². The fourth-order valence-corrected chi connectivity index (χ4v) is 2.58. The maximum absolute atomic E-state index is 4.66.